The molecule has 1 N–H and O–H groups in total. The van der Waals surface area contributed by atoms with Crippen LogP contribution in [0.3, 0.4) is 0 Å². The fourth-order valence-electron chi connectivity index (χ4n) is 0.808. The molecule has 62 valence electrons. The van der Waals surface area contributed by atoms with Gasteiger partial charge in [-0.2, -0.15) is 0 Å². The molecule has 0 radical (unpaired) electrons. The first kappa shape index (κ1) is 8.27. The Kier molecular flexibility index (Phi) is 2.65. The van der Waals surface area contributed by atoms with Gasteiger partial charge in [-0.1, -0.05) is 6.08 Å². The lowest BCUT2D eigenvalue weighted by Crippen LogP contribution is -1.96. The molecule has 11 heavy (non-hydrogen) atoms. The van der Waals surface area contributed by atoms with Gasteiger partial charge in [-0.05, 0) is 19.8 Å². The summed E-state index contributed by atoms with van der Waals surface area (Å²) in [4.78, 5) is 10.3. The molecule has 0 aromatic carbocycles. The van der Waals surface area contributed by atoms with Gasteiger partial charge in [0, 0.05) is 5.57 Å². The third-order valence-corrected chi connectivity index (χ3v) is 1.68. The van der Waals surface area contributed by atoms with Crippen molar-refractivity contribution in [3.8, 4) is 0 Å². The van der Waals surface area contributed by atoms with Gasteiger partial charge in [0.25, 0.3) is 0 Å². The summed E-state index contributed by atoms with van der Waals surface area (Å²) < 4.78 is 4.97. The number of epoxide rings is 1. The van der Waals surface area contributed by atoms with Gasteiger partial charge in [-0.25, -0.2) is 4.79 Å². The Labute approximate surface area is 65.7 Å². The van der Waals surface area contributed by atoms with Crippen LogP contribution >= 0.6 is 0 Å². The highest BCUT2D eigenvalue weighted by molar-refractivity contribution is 5.85. The lowest BCUT2D eigenvalue weighted by Gasteiger charge is -1.91. The van der Waals surface area contributed by atoms with Gasteiger partial charge < -0.3 is 9.84 Å². The number of ether oxygens (including phenoxy) is 1. The molecule has 1 heterocycles. The summed E-state index contributed by atoms with van der Waals surface area (Å²) >= 11 is 0. The number of aliphatic carboxylic acids is 1. The van der Waals surface area contributed by atoms with Crippen molar-refractivity contribution in [2.45, 2.75) is 25.9 Å². The van der Waals surface area contributed by atoms with Gasteiger partial charge in [-0.15, -0.1) is 0 Å². The van der Waals surface area contributed by atoms with Gasteiger partial charge in [0.05, 0.1) is 12.7 Å². The summed E-state index contributed by atoms with van der Waals surface area (Å²) in [5, 5.41) is 8.46. The predicted molar refractivity (Wildman–Crippen MR) is 40.4 cm³/mol. The zero-order valence-corrected chi connectivity index (χ0v) is 6.54. The third kappa shape index (κ3) is 3.18. The van der Waals surface area contributed by atoms with Crippen LogP contribution in [0.2, 0.25) is 0 Å². The zero-order valence-electron chi connectivity index (χ0n) is 6.54. The van der Waals surface area contributed by atoms with Crippen molar-refractivity contribution < 1.29 is 14.6 Å². The molecule has 0 aromatic heterocycles. The third-order valence-electron chi connectivity index (χ3n) is 1.68. The summed E-state index contributed by atoms with van der Waals surface area (Å²) in [5.41, 5.74) is 0.422. The van der Waals surface area contributed by atoms with Gasteiger partial charge in [-0.3, -0.25) is 0 Å². The lowest BCUT2D eigenvalue weighted by atomic mass is 10.2. The highest BCUT2D eigenvalue weighted by atomic mass is 16.6. The molecular weight excluding hydrogens is 144 g/mol. The smallest absolute Gasteiger partial charge is 0.330 e. The first-order chi connectivity index (χ1) is 5.20. The van der Waals surface area contributed by atoms with Crippen molar-refractivity contribution >= 4 is 5.97 Å². The number of allylic oxidation sites excluding steroid dienone is 1. The van der Waals surface area contributed by atoms with E-state index in [0.717, 1.165) is 19.4 Å². The van der Waals surface area contributed by atoms with Crippen molar-refractivity contribution in [2.75, 3.05) is 6.61 Å². The minimum Gasteiger partial charge on any atom is -0.478 e. The Bertz CT molecular complexity index is 180. The van der Waals surface area contributed by atoms with E-state index in [2.05, 4.69) is 0 Å². The van der Waals surface area contributed by atoms with Crippen LogP contribution < -0.4 is 0 Å². The van der Waals surface area contributed by atoms with Crippen molar-refractivity contribution in [1.82, 2.24) is 0 Å². The number of hydrogen-bond acceptors (Lipinski definition) is 2. The highest BCUT2D eigenvalue weighted by Gasteiger charge is 2.20. The van der Waals surface area contributed by atoms with E-state index in [4.69, 9.17) is 9.84 Å². The first-order valence-corrected chi connectivity index (χ1v) is 3.72. The van der Waals surface area contributed by atoms with Gasteiger partial charge in [0.1, 0.15) is 0 Å². The standard InChI is InChI=1S/C8H12O3/c1-6(8(9)10)3-2-4-7-5-11-7/h3,7H,2,4-5H2,1H3,(H,9,10). The number of carboxylic acid groups (broad SMARTS) is 1. The molecule has 1 atom stereocenters. The average molecular weight is 156 g/mol. The van der Waals surface area contributed by atoms with Crippen molar-refractivity contribution in [3.05, 3.63) is 11.6 Å². The Hall–Kier alpha value is -0.830. The molecule has 0 aromatic rings. The van der Waals surface area contributed by atoms with E-state index in [1.807, 2.05) is 0 Å². The summed E-state index contributed by atoms with van der Waals surface area (Å²) in [7, 11) is 0. The molecule has 1 fully saturated rings. The van der Waals surface area contributed by atoms with Crippen molar-refractivity contribution in [3.63, 3.8) is 0 Å². The second-order valence-corrected chi connectivity index (χ2v) is 2.72. The maximum absolute atomic E-state index is 10.3. The van der Waals surface area contributed by atoms with Gasteiger partial charge >= 0.3 is 5.97 Å². The lowest BCUT2D eigenvalue weighted by molar-refractivity contribution is -0.132. The van der Waals surface area contributed by atoms with Crippen LogP contribution in [0, 0.1) is 0 Å². The fourth-order valence-corrected chi connectivity index (χ4v) is 0.808. The van der Waals surface area contributed by atoms with Crippen molar-refractivity contribution in [2.24, 2.45) is 0 Å². The van der Waals surface area contributed by atoms with E-state index < -0.39 is 5.97 Å². The minimum atomic E-state index is -0.832. The summed E-state index contributed by atoms with van der Waals surface area (Å²) in [6.07, 6.45) is 3.89. The van der Waals surface area contributed by atoms with Gasteiger partial charge in [0.15, 0.2) is 0 Å². The molecule has 1 unspecified atom stereocenters. The van der Waals surface area contributed by atoms with E-state index in [0.29, 0.717) is 11.7 Å². The maximum Gasteiger partial charge on any atom is 0.330 e. The summed E-state index contributed by atoms with van der Waals surface area (Å²) in [6, 6.07) is 0. The molecule has 1 aliphatic rings. The fraction of sp³-hybridized carbons (Fsp3) is 0.625. The van der Waals surface area contributed by atoms with Crippen LogP contribution in [0.5, 0.6) is 0 Å². The molecule has 3 nitrogen and oxygen atoms in total. The van der Waals surface area contributed by atoms with E-state index in [1.54, 1.807) is 13.0 Å². The second kappa shape index (κ2) is 3.53. The Morgan fingerprint density at radius 2 is 2.45 bits per heavy atom. The zero-order chi connectivity index (χ0) is 8.27. The van der Waals surface area contributed by atoms with E-state index in [1.165, 1.54) is 0 Å². The number of carbonyl (C=O) groups is 1. The predicted octanol–water partition coefficient (Wildman–Crippen LogP) is 1.20. The summed E-state index contributed by atoms with van der Waals surface area (Å²) in [5.74, 6) is -0.832. The van der Waals surface area contributed by atoms with Gasteiger partial charge in [0.2, 0.25) is 0 Å². The Morgan fingerprint density at radius 1 is 1.82 bits per heavy atom. The largest absolute Gasteiger partial charge is 0.478 e. The molecule has 1 saturated heterocycles. The van der Waals surface area contributed by atoms with Crippen LogP contribution in [0.4, 0.5) is 0 Å². The molecule has 1 rings (SSSR count). The van der Waals surface area contributed by atoms with Crippen LogP contribution in [0.15, 0.2) is 11.6 Å². The van der Waals surface area contributed by atoms with E-state index in [9.17, 15) is 4.79 Å². The van der Waals surface area contributed by atoms with Crippen LogP contribution in [-0.2, 0) is 9.53 Å². The van der Waals surface area contributed by atoms with E-state index in [-0.39, 0.29) is 0 Å². The average Bonchev–Trinajstić information content (AvgIpc) is 2.71. The monoisotopic (exact) mass is 156 g/mol. The van der Waals surface area contributed by atoms with Crippen LogP contribution in [-0.4, -0.2) is 23.8 Å². The summed E-state index contributed by atoms with van der Waals surface area (Å²) in [6.45, 7) is 2.45. The molecular formula is C8H12O3. The normalized spacial score (nSPS) is 23.4. The topological polar surface area (TPSA) is 49.8 Å². The van der Waals surface area contributed by atoms with Crippen LogP contribution in [0.1, 0.15) is 19.8 Å². The Morgan fingerprint density at radius 3 is 2.91 bits per heavy atom. The molecule has 0 saturated carbocycles. The maximum atomic E-state index is 10.3. The first-order valence-electron chi connectivity index (χ1n) is 3.72. The SMILES string of the molecule is CC(=CCCC1CO1)C(=O)O. The minimum absolute atomic E-state index is 0.396. The number of rotatable bonds is 4. The highest BCUT2D eigenvalue weighted by Crippen LogP contribution is 2.15. The van der Waals surface area contributed by atoms with E-state index >= 15 is 0 Å². The molecule has 0 spiro atoms. The molecule has 0 aliphatic carbocycles. The molecule has 1 aliphatic heterocycles. The molecule has 0 bridgehead atoms. The number of carboxylic acids is 1. The molecule has 3 heteroatoms. The molecule has 0 amide bonds. The van der Waals surface area contributed by atoms with Crippen molar-refractivity contribution in [1.29, 1.82) is 0 Å². The number of hydrogen-bond donors (Lipinski definition) is 1. The Balaban J connectivity index is 2.15. The van der Waals surface area contributed by atoms with Crippen LogP contribution in [0.25, 0.3) is 0 Å². The quantitative estimate of drug-likeness (QED) is 0.491. The second-order valence-electron chi connectivity index (χ2n) is 2.72.